The van der Waals surface area contributed by atoms with Crippen LogP contribution >= 0.6 is 0 Å². The van der Waals surface area contributed by atoms with E-state index < -0.39 is 0 Å². The minimum Gasteiger partial charge on any atom is -0.497 e. The highest BCUT2D eigenvalue weighted by Crippen LogP contribution is 2.20. The first kappa shape index (κ1) is 14.7. The van der Waals surface area contributed by atoms with Crippen LogP contribution in [0.3, 0.4) is 0 Å². The van der Waals surface area contributed by atoms with Crippen LogP contribution in [0.1, 0.15) is 17.0 Å². The highest BCUT2D eigenvalue weighted by atomic mass is 19.1. The van der Waals surface area contributed by atoms with E-state index in [1.165, 1.54) is 12.1 Å². The van der Waals surface area contributed by atoms with Crippen LogP contribution in [0.5, 0.6) is 5.75 Å². The maximum atomic E-state index is 13.0. The highest BCUT2D eigenvalue weighted by molar-refractivity contribution is 5.42. The van der Waals surface area contributed by atoms with Gasteiger partial charge in [-0.15, -0.1) is 5.10 Å². The SMILES string of the molecule is COc1cccc(-n2nnc(C#N)c2Cc2ccc(F)cc2)c1. The molecular formula is C17H13FN4O. The Balaban J connectivity index is 2.03. The maximum absolute atomic E-state index is 13.0. The minimum absolute atomic E-state index is 0.247. The number of rotatable bonds is 4. The Morgan fingerprint density at radius 2 is 2.00 bits per heavy atom. The predicted molar refractivity (Wildman–Crippen MR) is 81.8 cm³/mol. The van der Waals surface area contributed by atoms with Crippen LogP contribution in [0, 0.1) is 17.1 Å². The largest absolute Gasteiger partial charge is 0.497 e. The molecule has 5 nitrogen and oxygen atoms in total. The molecule has 1 aromatic heterocycles. The van der Waals surface area contributed by atoms with E-state index >= 15 is 0 Å². The van der Waals surface area contributed by atoms with Gasteiger partial charge in [0.05, 0.1) is 18.5 Å². The molecular weight excluding hydrogens is 295 g/mol. The summed E-state index contributed by atoms with van der Waals surface area (Å²) in [5, 5.41) is 17.2. The molecule has 0 fully saturated rings. The molecule has 0 atom stereocenters. The van der Waals surface area contributed by atoms with Gasteiger partial charge in [-0.25, -0.2) is 9.07 Å². The third kappa shape index (κ3) is 3.04. The summed E-state index contributed by atoms with van der Waals surface area (Å²) in [4.78, 5) is 0. The van der Waals surface area contributed by atoms with E-state index in [0.717, 1.165) is 11.3 Å². The molecule has 2 aromatic carbocycles. The lowest BCUT2D eigenvalue weighted by atomic mass is 10.1. The molecule has 0 N–H and O–H groups in total. The van der Waals surface area contributed by atoms with Crippen molar-refractivity contribution in [1.82, 2.24) is 15.0 Å². The lowest BCUT2D eigenvalue weighted by Gasteiger charge is -2.08. The number of benzene rings is 2. The molecule has 0 spiro atoms. The Morgan fingerprint density at radius 1 is 1.22 bits per heavy atom. The zero-order valence-corrected chi connectivity index (χ0v) is 12.4. The van der Waals surface area contributed by atoms with Crippen LogP contribution < -0.4 is 4.74 Å². The first-order chi connectivity index (χ1) is 11.2. The number of nitrogens with zero attached hydrogens (tertiary/aromatic N) is 4. The average Bonchev–Trinajstić information content (AvgIpc) is 2.99. The Kier molecular flexibility index (Phi) is 4.02. The van der Waals surface area contributed by atoms with E-state index in [2.05, 4.69) is 10.3 Å². The van der Waals surface area contributed by atoms with Gasteiger partial charge in [-0.3, -0.25) is 0 Å². The summed E-state index contributed by atoms with van der Waals surface area (Å²) >= 11 is 0. The van der Waals surface area contributed by atoms with Gasteiger partial charge in [0.2, 0.25) is 0 Å². The van der Waals surface area contributed by atoms with E-state index in [1.807, 2.05) is 30.3 Å². The van der Waals surface area contributed by atoms with Crippen molar-refractivity contribution in [2.24, 2.45) is 0 Å². The number of ether oxygens (including phenoxy) is 1. The van der Waals surface area contributed by atoms with Crippen LogP contribution in [0.15, 0.2) is 48.5 Å². The van der Waals surface area contributed by atoms with Crippen LogP contribution in [-0.4, -0.2) is 22.1 Å². The topological polar surface area (TPSA) is 63.7 Å². The number of hydrogen-bond donors (Lipinski definition) is 0. The molecule has 6 heteroatoms. The molecule has 23 heavy (non-hydrogen) atoms. The van der Waals surface area contributed by atoms with Crippen molar-refractivity contribution in [1.29, 1.82) is 5.26 Å². The van der Waals surface area contributed by atoms with Gasteiger partial charge < -0.3 is 4.74 Å². The summed E-state index contributed by atoms with van der Waals surface area (Å²) in [5.41, 5.74) is 2.51. The van der Waals surface area contributed by atoms with Crippen molar-refractivity contribution in [3.8, 4) is 17.5 Å². The summed E-state index contributed by atoms with van der Waals surface area (Å²) in [7, 11) is 1.58. The fraction of sp³-hybridized carbons (Fsp3) is 0.118. The van der Waals surface area contributed by atoms with E-state index in [9.17, 15) is 9.65 Å². The van der Waals surface area contributed by atoms with E-state index in [4.69, 9.17) is 4.74 Å². The number of nitriles is 1. The van der Waals surface area contributed by atoms with Gasteiger partial charge in [-0.2, -0.15) is 5.26 Å². The molecule has 0 radical (unpaired) electrons. The third-order valence-electron chi connectivity index (χ3n) is 3.45. The molecule has 0 saturated carbocycles. The predicted octanol–water partition coefficient (Wildman–Crippen LogP) is 2.88. The van der Waals surface area contributed by atoms with Crippen LogP contribution in [0.2, 0.25) is 0 Å². The zero-order chi connectivity index (χ0) is 16.2. The minimum atomic E-state index is -0.298. The maximum Gasteiger partial charge on any atom is 0.186 e. The van der Waals surface area contributed by atoms with E-state index in [0.29, 0.717) is 17.9 Å². The number of methoxy groups -OCH3 is 1. The molecule has 3 rings (SSSR count). The van der Waals surface area contributed by atoms with Gasteiger partial charge in [-0.05, 0) is 29.8 Å². The highest BCUT2D eigenvalue weighted by Gasteiger charge is 2.15. The van der Waals surface area contributed by atoms with Crippen LogP contribution in [0.4, 0.5) is 4.39 Å². The first-order valence-corrected chi connectivity index (χ1v) is 6.95. The summed E-state index contributed by atoms with van der Waals surface area (Å²) in [5.74, 6) is 0.387. The summed E-state index contributed by atoms with van der Waals surface area (Å²) < 4.78 is 19.9. The van der Waals surface area contributed by atoms with Gasteiger partial charge in [0.25, 0.3) is 0 Å². The molecule has 0 aliphatic carbocycles. The van der Waals surface area contributed by atoms with Crippen molar-refractivity contribution >= 4 is 0 Å². The Morgan fingerprint density at radius 3 is 2.70 bits per heavy atom. The van der Waals surface area contributed by atoms with Crippen LogP contribution in [0.25, 0.3) is 5.69 Å². The molecule has 3 aromatic rings. The second-order valence-corrected chi connectivity index (χ2v) is 4.91. The molecule has 0 bridgehead atoms. The molecule has 0 amide bonds. The second kappa shape index (κ2) is 6.28. The van der Waals surface area contributed by atoms with Crippen molar-refractivity contribution in [2.75, 3.05) is 7.11 Å². The Bertz CT molecular complexity index is 865. The lowest BCUT2D eigenvalue weighted by molar-refractivity contribution is 0.414. The molecule has 0 saturated heterocycles. The number of halogens is 1. The van der Waals surface area contributed by atoms with Gasteiger partial charge >= 0.3 is 0 Å². The quantitative estimate of drug-likeness (QED) is 0.743. The average molecular weight is 308 g/mol. The standard InChI is InChI=1S/C17H13FN4O/c1-23-15-4-2-3-14(10-15)22-17(16(11-19)20-21-22)9-12-5-7-13(18)8-6-12/h2-8,10H,9H2,1H3. The first-order valence-electron chi connectivity index (χ1n) is 6.95. The van der Waals surface area contributed by atoms with Gasteiger partial charge in [0.1, 0.15) is 17.6 Å². The smallest absolute Gasteiger partial charge is 0.186 e. The van der Waals surface area contributed by atoms with Gasteiger partial charge in [0, 0.05) is 12.5 Å². The second-order valence-electron chi connectivity index (χ2n) is 4.91. The zero-order valence-electron chi connectivity index (χ0n) is 12.4. The fourth-order valence-corrected chi connectivity index (χ4v) is 2.29. The molecule has 1 heterocycles. The normalized spacial score (nSPS) is 10.3. The van der Waals surface area contributed by atoms with Crippen molar-refractivity contribution in [2.45, 2.75) is 6.42 Å². The molecule has 114 valence electrons. The Labute approximate surface area is 132 Å². The summed E-state index contributed by atoms with van der Waals surface area (Å²) in [6.45, 7) is 0. The van der Waals surface area contributed by atoms with Gasteiger partial charge in [-0.1, -0.05) is 23.4 Å². The lowest BCUT2D eigenvalue weighted by Crippen LogP contribution is -2.04. The number of hydrogen-bond acceptors (Lipinski definition) is 4. The van der Waals surface area contributed by atoms with Crippen molar-refractivity contribution in [3.63, 3.8) is 0 Å². The van der Waals surface area contributed by atoms with Crippen molar-refractivity contribution in [3.05, 3.63) is 71.3 Å². The summed E-state index contributed by atoms with van der Waals surface area (Å²) in [6, 6.07) is 15.5. The van der Waals surface area contributed by atoms with E-state index in [1.54, 1.807) is 23.9 Å². The van der Waals surface area contributed by atoms with Crippen LogP contribution in [-0.2, 0) is 6.42 Å². The van der Waals surface area contributed by atoms with Crippen molar-refractivity contribution < 1.29 is 9.13 Å². The van der Waals surface area contributed by atoms with Gasteiger partial charge in [0.15, 0.2) is 5.69 Å². The molecule has 0 aliphatic rings. The van der Waals surface area contributed by atoms with E-state index in [-0.39, 0.29) is 11.5 Å². The molecule has 0 aliphatic heterocycles. The molecule has 0 unspecified atom stereocenters. The Hall–Kier alpha value is -3.20. The fourth-order valence-electron chi connectivity index (χ4n) is 2.29. The summed E-state index contributed by atoms with van der Waals surface area (Å²) in [6.07, 6.45) is 0.424. The number of aromatic nitrogens is 3. The monoisotopic (exact) mass is 308 g/mol. The third-order valence-corrected chi connectivity index (χ3v) is 3.45.